The molecular weight excluding hydrogens is 418 g/mol. The Kier molecular flexibility index (Phi) is 5.13. The number of aliphatic hydroxyl groups is 1. The van der Waals surface area contributed by atoms with Crippen molar-refractivity contribution < 1.29 is 33.0 Å². The van der Waals surface area contributed by atoms with Gasteiger partial charge in [-0.05, 0) is 49.8 Å². The standard InChI is InChI=1S/C25H32F2O5/c1-6-20(30)25(32-14(3)28)13(2)9-16-17-11-19(26)18-10-15(29)7-8-22(18,4)24(17,27)21(31)12-23(16,25)5/h7-8,10,13,16-17,19,21,31H,6,9,11-12H2,1-5H3/t13-,16?,17?,19-,21-,22-,23-,24-,25-/m0/s1. The number of ketones is 2. The van der Waals surface area contributed by atoms with Crippen LogP contribution in [0, 0.1) is 28.6 Å². The molecule has 0 radical (unpaired) electrons. The van der Waals surface area contributed by atoms with E-state index in [1.807, 2.05) is 6.92 Å². The van der Waals surface area contributed by atoms with E-state index >= 15 is 8.78 Å². The molecule has 0 amide bonds. The molecule has 4 aliphatic rings. The Morgan fingerprint density at radius 1 is 1.25 bits per heavy atom. The molecule has 32 heavy (non-hydrogen) atoms. The summed E-state index contributed by atoms with van der Waals surface area (Å²) in [4.78, 5) is 37.3. The number of ether oxygens (including phenoxy) is 1. The van der Waals surface area contributed by atoms with E-state index in [0.717, 1.165) is 6.08 Å². The van der Waals surface area contributed by atoms with E-state index in [-0.39, 0.29) is 30.6 Å². The second-order valence-corrected chi connectivity index (χ2v) is 10.6. The highest BCUT2D eigenvalue weighted by Crippen LogP contribution is 2.71. The second-order valence-electron chi connectivity index (χ2n) is 10.6. The lowest BCUT2D eigenvalue weighted by Gasteiger charge is -2.63. The molecule has 3 fully saturated rings. The van der Waals surface area contributed by atoms with Crippen LogP contribution in [0.3, 0.4) is 0 Å². The van der Waals surface area contributed by atoms with Crippen LogP contribution < -0.4 is 0 Å². The van der Waals surface area contributed by atoms with Crippen molar-refractivity contribution in [1.29, 1.82) is 0 Å². The van der Waals surface area contributed by atoms with Gasteiger partial charge in [-0.3, -0.25) is 14.4 Å². The zero-order valence-electron chi connectivity index (χ0n) is 19.3. The van der Waals surface area contributed by atoms with Crippen molar-refractivity contribution in [1.82, 2.24) is 0 Å². The molecule has 0 heterocycles. The third-order valence-corrected chi connectivity index (χ3v) is 9.21. The fraction of sp³-hybridized carbons (Fsp3) is 0.720. The Labute approximate surface area is 187 Å². The molecule has 3 saturated carbocycles. The minimum atomic E-state index is -2.22. The zero-order valence-corrected chi connectivity index (χ0v) is 19.3. The SMILES string of the molecule is CCC(=O)[C@@]1(OC(C)=O)[C@@H](C)CC2C3C[C@H](F)C4=CC(=O)C=C[C@]4(C)[C@@]3(F)[C@@H](O)C[C@@]21C. The van der Waals surface area contributed by atoms with Gasteiger partial charge in [-0.25, -0.2) is 8.78 Å². The molecule has 5 nitrogen and oxygen atoms in total. The Bertz CT molecular complexity index is 943. The maximum atomic E-state index is 17.2. The first-order chi connectivity index (χ1) is 14.8. The highest BCUT2D eigenvalue weighted by atomic mass is 19.1. The van der Waals surface area contributed by atoms with Crippen LogP contribution in [0.15, 0.2) is 23.8 Å². The van der Waals surface area contributed by atoms with Crippen molar-refractivity contribution in [2.24, 2.45) is 28.6 Å². The van der Waals surface area contributed by atoms with Crippen molar-refractivity contribution in [3.8, 4) is 0 Å². The van der Waals surface area contributed by atoms with Gasteiger partial charge in [-0.1, -0.05) is 26.8 Å². The molecule has 0 aromatic carbocycles. The maximum absolute atomic E-state index is 17.2. The third kappa shape index (κ3) is 2.54. The predicted molar refractivity (Wildman–Crippen MR) is 113 cm³/mol. The number of carbonyl (C=O) groups excluding carboxylic acids is 3. The number of alkyl halides is 2. The average molecular weight is 451 g/mol. The first-order valence-electron chi connectivity index (χ1n) is 11.5. The molecule has 0 saturated heterocycles. The van der Waals surface area contributed by atoms with E-state index in [9.17, 15) is 19.5 Å². The van der Waals surface area contributed by atoms with Crippen molar-refractivity contribution in [2.45, 2.75) is 83.8 Å². The van der Waals surface area contributed by atoms with Crippen LogP contribution >= 0.6 is 0 Å². The molecule has 4 rings (SSSR count). The van der Waals surface area contributed by atoms with Gasteiger partial charge in [-0.2, -0.15) is 0 Å². The molecule has 4 aliphatic carbocycles. The molecule has 176 valence electrons. The van der Waals surface area contributed by atoms with E-state index in [0.29, 0.717) is 6.42 Å². The molecule has 0 aliphatic heterocycles. The summed E-state index contributed by atoms with van der Waals surface area (Å²) in [5.74, 6) is -3.06. The quantitative estimate of drug-likeness (QED) is 0.661. The van der Waals surface area contributed by atoms with Gasteiger partial charge in [-0.15, -0.1) is 0 Å². The Balaban J connectivity index is 1.89. The fourth-order valence-electron chi connectivity index (χ4n) is 7.88. The van der Waals surface area contributed by atoms with Crippen molar-refractivity contribution in [3.05, 3.63) is 23.8 Å². The number of esters is 1. The van der Waals surface area contributed by atoms with Crippen LogP contribution in [-0.2, 0) is 19.1 Å². The van der Waals surface area contributed by atoms with Crippen LogP contribution in [0.4, 0.5) is 8.78 Å². The Morgan fingerprint density at radius 2 is 1.91 bits per heavy atom. The maximum Gasteiger partial charge on any atom is 0.303 e. The summed E-state index contributed by atoms with van der Waals surface area (Å²) < 4.78 is 38.4. The van der Waals surface area contributed by atoms with Crippen molar-refractivity contribution >= 4 is 17.5 Å². The lowest BCUT2D eigenvalue weighted by molar-refractivity contribution is -0.230. The average Bonchev–Trinajstić information content (AvgIpc) is 2.92. The number of carbonyl (C=O) groups is 3. The summed E-state index contributed by atoms with van der Waals surface area (Å²) in [5, 5.41) is 11.3. The third-order valence-electron chi connectivity index (χ3n) is 9.21. The number of aliphatic hydroxyl groups excluding tert-OH is 1. The number of fused-ring (bicyclic) bond motifs is 5. The number of halogens is 2. The molecular formula is C25H32F2O5. The van der Waals surface area contributed by atoms with Crippen LogP contribution in [0.2, 0.25) is 0 Å². The summed E-state index contributed by atoms with van der Waals surface area (Å²) >= 11 is 0. The summed E-state index contributed by atoms with van der Waals surface area (Å²) in [7, 11) is 0. The minimum absolute atomic E-state index is 0.0633. The van der Waals surface area contributed by atoms with Crippen LogP contribution in [-0.4, -0.2) is 46.2 Å². The lowest BCUT2D eigenvalue weighted by Crippen LogP contribution is -2.70. The predicted octanol–water partition coefficient (Wildman–Crippen LogP) is 3.83. The summed E-state index contributed by atoms with van der Waals surface area (Å²) in [6, 6.07) is 0. The van der Waals surface area contributed by atoms with Gasteiger partial charge in [0.2, 0.25) is 0 Å². The van der Waals surface area contributed by atoms with Gasteiger partial charge in [0.05, 0.1) is 6.10 Å². The van der Waals surface area contributed by atoms with Crippen molar-refractivity contribution in [3.63, 3.8) is 0 Å². The lowest BCUT2D eigenvalue weighted by atomic mass is 9.44. The van der Waals surface area contributed by atoms with Gasteiger partial charge in [0.1, 0.15) is 6.17 Å². The van der Waals surface area contributed by atoms with Gasteiger partial charge in [0, 0.05) is 36.0 Å². The molecule has 1 N–H and O–H groups in total. The number of rotatable bonds is 3. The van der Waals surface area contributed by atoms with Crippen molar-refractivity contribution in [2.75, 3.05) is 0 Å². The number of hydrogen-bond donors (Lipinski definition) is 1. The Morgan fingerprint density at radius 3 is 2.50 bits per heavy atom. The van der Waals surface area contributed by atoms with Gasteiger partial charge >= 0.3 is 5.97 Å². The first kappa shape index (κ1) is 23.3. The molecule has 0 aromatic heterocycles. The molecule has 0 aromatic rings. The monoisotopic (exact) mass is 450 g/mol. The van der Waals surface area contributed by atoms with E-state index in [1.165, 1.54) is 19.1 Å². The number of hydrogen-bond acceptors (Lipinski definition) is 5. The molecule has 9 atom stereocenters. The van der Waals surface area contributed by atoms with E-state index < -0.39 is 63.9 Å². The van der Waals surface area contributed by atoms with E-state index in [1.54, 1.807) is 20.8 Å². The molecule has 0 bridgehead atoms. The molecule has 2 unspecified atom stereocenters. The summed E-state index contributed by atoms with van der Waals surface area (Å²) in [6.07, 6.45) is 0.923. The molecule has 7 heteroatoms. The first-order valence-corrected chi connectivity index (χ1v) is 11.5. The number of Topliss-reactive ketones (excluding diaryl/α,β-unsaturated/α-hetero) is 1. The smallest absolute Gasteiger partial charge is 0.303 e. The zero-order chi connectivity index (χ0) is 23.9. The Hall–Kier alpha value is -1.89. The largest absolute Gasteiger partial charge is 0.450 e. The minimum Gasteiger partial charge on any atom is -0.450 e. The van der Waals surface area contributed by atoms with Crippen LogP contribution in [0.5, 0.6) is 0 Å². The highest BCUT2D eigenvalue weighted by Gasteiger charge is 2.77. The van der Waals surface area contributed by atoms with E-state index in [2.05, 4.69) is 0 Å². The van der Waals surface area contributed by atoms with Gasteiger partial charge < -0.3 is 9.84 Å². The van der Waals surface area contributed by atoms with Crippen LogP contribution in [0.25, 0.3) is 0 Å². The number of allylic oxidation sites excluding steroid dienone is 4. The summed E-state index contributed by atoms with van der Waals surface area (Å²) in [5.41, 5.74) is -6.18. The van der Waals surface area contributed by atoms with Crippen LogP contribution in [0.1, 0.15) is 60.3 Å². The van der Waals surface area contributed by atoms with Gasteiger partial charge in [0.15, 0.2) is 22.8 Å². The highest BCUT2D eigenvalue weighted by molar-refractivity contribution is 6.01. The summed E-state index contributed by atoms with van der Waals surface area (Å²) in [6.45, 7) is 8.07. The normalized spacial score (nSPS) is 49.6. The topological polar surface area (TPSA) is 80.7 Å². The second kappa shape index (κ2) is 7.05. The van der Waals surface area contributed by atoms with Gasteiger partial charge in [0.25, 0.3) is 0 Å². The van der Waals surface area contributed by atoms with E-state index in [4.69, 9.17) is 4.74 Å². The fourth-order valence-corrected chi connectivity index (χ4v) is 7.88. The molecule has 0 spiro atoms.